The topological polar surface area (TPSA) is 237 Å². The molecule has 3 unspecified atom stereocenters. The highest BCUT2D eigenvalue weighted by atomic mass is 31.2. The summed E-state index contributed by atoms with van der Waals surface area (Å²) in [6.07, 6.45) is 62.7. The number of hydrogen-bond acceptors (Lipinski definition) is 15. The van der Waals surface area contributed by atoms with Gasteiger partial charge in [0, 0.05) is 25.7 Å². The van der Waals surface area contributed by atoms with E-state index in [1.54, 1.807) is 0 Å². The van der Waals surface area contributed by atoms with Gasteiger partial charge in [-0.1, -0.05) is 382 Å². The monoisotopic (exact) mass is 1490 g/mol. The summed E-state index contributed by atoms with van der Waals surface area (Å²) in [5, 5.41) is 10.6. The van der Waals surface area contributed by atoms with Gasteiger partial charge in [-0.3, -0.25) is 37.3 Å². The summed E-state index contributed by atoms with van der Waals surface area (Å²) < 4.78 is 68.7. The molecule has 0 radical (unpaired) electrons. The number of aliphatic hydroxyl groups excluding tert-OH is 1. The molecular formula is C83H162O17P2. The molecule has 0 saturated carbocycles. The Balaban J connectivity index is 5.20. The number of esters is 4. The smallest absolute Gasteiger partial charge is 0.462 e. The molecule has 19 heteroatoms. The molecule has 0 amide bonds. The fraction of sp³-hybridized carbons (Fsp3) is 0.952. The van der Waals surface area contributed by atoms with Crippen molar-refractivity contribution in [2.75, 3.05) is 39.6 Å². The first-order valence-electron chi connectivity index (χ1n) is 42.9. The van der Waals surface area contributed by atoms with Crippen LogP contribution in [-0.2, 0) is 65.4 Å². The van der Waals surface area contributed by atoms with Crippen LogP contribution < -0.4 is 0 Å². The van der Waals surface area contributed by atoms with E-state index in [1.165, 1.54) is 238 Å². The molecule has 0 aliphatic rings. The van der Waals surface area contributed by atoms with Gasteiger partial charge in [-0.2, -0.15) is 0 Å². The zero-order valence-electron chi connectivity index (χ0n) is 67.1. The van der Waals surface area contributed by atoms with Gasteiger partial charge in [-0.15, -0.1) is 0 Å². The summed E-state index contributed by atoms with van der Waals surface area (Å²) in [4.78, 5) is 73.0. The second-order valence-corrected chi connectivity index (χ2v) is 34.0. The molecule has 0 saturated heterocycles. The van der Waals surface area contributed by atoms with Crippen molar-refractivity contribution < 1.29 is 80.2 Å². The van der Waals surface area contributed by atoms with Gasteiger partial charge < -0.3 is 33.8 Å². The second kappa shape index (κ2) is 73.2. The van der Waals surface area contributed by atoms with Crippen molar-refractivity contribution in [2.45, 2.75) is 452 Å². The summed E-state index contributed by atoms with van der Waals surface area (Å²) in [7, 11) is -9.92. The number of carbonyl (C=O) groups is 4. The molecule has 0 aromatic rings. The lowest BCUT2D eigenvalue weighted by Crippen LogP contribution is -2.30. The maximum Gasteiger partial charge on any atom is 0.472 e. The number of ether oxygens (including phenoxy) is 4. The van der Waals surface area contributed by atoms with E-state index in [4.69, 9.17) is 37.0 Å². The van der Waals surface area contributed by atoms with Crippen LogP contribution in [0.5, 0.6) is 0 Å². The van der Waals surface area contributed by atoms with E-state index in [0.717, 1.165) is 108 Å². The normalized spacial score (nSPS) is 14.2. The van der Waals surface area contributed by atoms with Gasteiger partial charge in [0.2, 0.25) is 0 Å². The Morgan fingerprint density at radius 3 is 0.745 bits per heavy atom. The van der Waals surface area contributed by atoms with Crippen molar-refractivity contribution in [3.8, 4) is 0 Å². The number of rotatable bonds is 81. The quantitative estimate of drug-likeness (QED) is 0.0222. The van der Waals surface area contributed by atoms with Crippen LogP contribution in [0.2, 0.25) is 0 Å². The highest BCUT2D eigenvalue weighted by Gasteiger charge is 2.30. The molecule has 17 nitrogen and oxygen atoms in total. The molecule has 0 aromatic carbocycles. The van der Waals surface area contributed by atoms with E-state index in [0.29, 0.717) is 31.6 Å². The molecule has 102 heavy (non-hydrogen) atoms. The predicted octanol–water partition coefficient (Wildman–Crippen LogP) is 24.9. The number of aliphatic hydroxyl groups is 1. The van der Waals surface area contributed by atoms with Crippen molar-refractivity contribution >= 4 is 39.5 Å². The molecular weight excluding hydrogens is 1330 g/mol. The van der Waals surface area contributed by atoms with Gasteiger partial charge in [0.15, 0.2) is 12.2 Å². The van der Waals surface area contributed by atoms with Gasteiger partial charge >= 0.3 is 39.5 Å². The molecule has 0 fully saturated rings. The van der Waals surface area contributed by atoms with Crippen LogP contribution in [0.3, 0.4) is 0 Å². The van der Waals surface area contributed by atoms with Crippen molar-refractivity contribution in [1.29, 1.82) is 0 Å². The minimum Gasteiger partial charge on any atom is -0.462 e. The molecule has 0 aliphatic carbocycles. The maximum absolute atomic E-state index is 13.1. The molecule has 0 rings (SSSR count). The number of carbonyl (C=O) groups excluding carboxylic acids is 4. The average molecular weight is 1490 g/mol. The summed E-state index contributed by atoms with van der Waals surface area (Å²) in [5.41, 5.74) is 0. The number of phosphoric acid groups is 2. The number of phosphoric ester groups is 2. The highest BCUT2D eigenvalue weighted by molar-refractivity contribution is 7.47. The molecule has 0 spiro atoms. The third-order valence-electron chi connectivity index (χ3n) is 19.7. The second-order valence-electron chi connectivity index (χ2n) is 31.1. The third-order valence-corrected chi connectivity index (χ3v) is 21.6. The van der Waals surface area contributed by atoms with E-state index in [2.05, 4.69) is 48.5 Å². The fourth-order valence-electron chi connectivity index (χ4n) is 12.8. The van der Waals surface area contributed by atoms with Gasteiger partial charge in [-0.05, 0) is 43.4 Å². The highest BCUT2D eigenvalue weighted by Crippen LogP contribution is 2.45. The van der Waals surface area contributed by atoms with Crippen LogP contribution in [0.15, 0.2) is 0 Å². The van der Waals surface area contributed by atoms with Gasteiger partial charge in [-0.25, -0.2) is 9.13 Å². The lowest BCUT2D eigenvalue weighted by Gasteiger charge is -2.21. The van der Waals surface area contributed by atoms with E-state index < -0.39 is 97.5 Å². The Hall–Kier alpha value is -1.94. The Labute approximate surface area is 626 Å². The van der Waals surface area contributed by atoms with Gasteiger partial charge in [0.1, 0.15) is 19.3 Å². The molecule has 0 heterocycles. The molecule has 6 atom stereocenters. The zero-order chi connectivity index (χ0) is 75.1. The Kier molecular flexibility index (Phi) is 71.8. The predicted molar refractivity (Wildman–Crippen MR) is 418 cm³/mol. The SMILES string of the molecule is CCCCCCCCCCCCCCCCCCCCCCCCC(=O)O[C@H](COC(=O)CCCCCCCCCCCCCCCCC(C)CC)COP(=O)(O)OC[C@@H](O)COP(=O)(O)OC[C@@H](COC(=O)CCCCCCCCC(C)C)OC(=O)CCCCCCCCCCCCC(C)C. The average Bonchev–Trinajstić information content (AvgIpc) is 0.962. The van der Waals surface area contributed by atoms with Crippen molar-refractivity contribution in [3.05, 3.63) is 0 Å². The largest absolute Gasteiger partial charge is 0.472 e. The van der Waals surface area contributed by atoms with E-state index >= 15 is 0 Å². The molecule has 606 valence electrons. The number of hydrogen-bond donors (Lipinski definition) is 3. The zero-order valence-corrected chi connectivity index (χ0v) is 68.9. The molecule has 3 N–H and O–H groups in total. The van der Waals surface area contributed by atoms with E-state index in [1.807, 2.05) is 0 Å². The Bertz CT molecular complexity index is 1980. The standard InChI is InChI=1S/C83H162O17P2/c1-8-10-11-12-13-14-15-16-17-18-19-20-21-22-23-24-29-32-38-43-52-59-66-82(87)99-78(70-93-80(85)64-57-50-42-37-31-28-26-25-27-30-36-41-49-56-63-76(7)9-2)72-97-101(89,90)95-68-77(84)69-96-102(91,92)98-73-79(71-94-81(86)65-58-51-46-45-48-55-62-75(5)6)100-83(88)67-60-53-44-39-34-33-35-40-47-54-61-74(3)4/h74-79,84H,8-73H2,1-7H3,(H,89,90)(H,91,92)/t76?,77-,78-,79-/m1/s1. The van der Waals surface area contributed by atoms with Crippen LogP contribution in [-0.4, -0.2) is 96.7 Å². The summed E-state index contributed by atoms with van der Waals surface area (Å²) >= 11 is 0. The van der Waals surface area contributed by atoms with Crippen LogP contribution in [0, 0.1) is 17.8 Å². The lowest BCUT2D eigenvalue weighted by molar-refractivity contribution is -0.161. The fourth-order valence-corrected chi connectivity index (χ4v) is 14.4. The van der Waals surface area contributed by atoms with Crippen LogP contribution in [0.1, 0.15) is 434 Å². The molecule has 0 aromatic heterocycles. The van der Waals surface area contributed by atoms with E-state index in [-0.39, 0.29) is 25.7 Å². The first-order valence-corrected chi connectivity index (χ1v) is 45.9. The van der Waals surface area contributed by atoms with Crippen molar-refractivity contribution in [3.63, 3.8) is 0 Å². The Morgan fingerprint density at radius 1 is 0.284 bits per heavy atom. The van der Waals surface area contributed by atoms with Gasteiger partial charge in [0.25, 0.3) is 0 Å². The Morgan fingerprint density at radius 2 is 0.500 bits per heavy atom. The minimum absolute atomic E-state index is 0.105. The first-order chi connectivity index (χ1) is 49.3. The summed E-state index contributed by atoms with van der Waals surface area (Å²) in [5.74, 6) is 0.168. The molecule has 0 aliphatic heterocycles. The van der Waals surface area contributed by atoms with E-state index in [9.17, 15) is 43.2 Å². The summed E-state index contributed by atoms with van der Waals surface area (Å²) in [6.45, 7) is 11.9. The third kappa shape index (κ3) is 74.9. The molecule has 0 bridgehead atoms. The number of unbranched alkanes of at least 4 members (excludes halogenated alkanes) is 48. The first kappa shape index (κ1) is 100. The van der Waals surface area contributed by atoms with Crippen LogP contribution in [0.4, 0.5) is 0 Å². The maximum atomic E-state index is 13.1. The summed E-state index contributed by atoms with van der Waals surface area (Å²) in [6, 6.07) is 0. The van der Waals surface area contributed by atoms with Crippen LogP contribution in [0.25, 0.3) is 0 Å². The van der Waals surface area contributed by atoms with Crippen molar-refractivity contribution in [1.82, 2.24) is 0 Å². The minimum atomic E-state index is -4.96. The van der Waals surface area contributed by atoms with Crippen molar-refractivity contribution in [2.24, 2.45) is 17.8 Å². The van der Waals surface area contributed by atoms with Crippen LogP contribution >= 0.6 is 15.6 Å². The lowest BCUT2D eigenvalue weighted by atomic mass is 9.99. The van der Waals surface area contributed by atoms with Gasteiger partial charge in [0.05, 0.1) is 26.4 Å².